The minimum Gasteiger partial charge on any atom is -0.237 e. The van der Waals surface area contributed by atoms with Gasteiger partial charge < -0.3 is 0 Å². The number of aliphatic imine (C=N–C) groups is 1. The van der Waals surface area contributed by atoms with Crippen molar-refractivity contribution in [2.75, 3.05) is 0 Å². The normalized spacial score (nSPS) is 17.3. The summed E-state index contributed by atoms with van der Waals surface area (Å²) in [5.41, 5.74) is -1.05. The Balaban J connectivity index is 2.82. The van der Waals surface area contributed by atoms with Crippen LogP contribution in [0, 0.1) is 11.3 Å². The molecule has 0 N–H and O–H groups in total. The van der Waals surface area contributed by atoms with E-state index < -0.39 is 11.9 Å². The van der Waals surface area contributed by atoms with Crippen LogP contribution in [0.4, 0.5) is 13.2 Å². The topological polar surface area (TPSA) is 36.1 Å². The molecule has 0 amide bonds. The minimum atomic E-state index is -4.42. The summed E-state index contributed by atoms with van der Waals surface area (Å²) in [4.78, 5) is 3.07. The maximum absolute atomic E-state index is 11.8. The minimum absolute atomic E-state index is 0.00859. The Hall–Kier alpha value is -1.31. The van der Waals surface area contributed by atoms with Crippen LogP contribution in [0.5, 0.6) is 0 Å². The van der Waals surface area contributed by atoms with Crippen molar-refractivity contribution >= 4 is 5.71 Å². The molecule has 0 aliphatic carbocycles. The quantitative estimate of drug-likeness (QED) is 0.532. The van der Waals surface area contributed by atoms with Crippen LogP contribution in [0.3, 0.4) is 0 Å². The van der Waals surface area contributed by atoms with Gasteiger partial charge in [0.25, 0.3) is 0 Å². The van der Waals surface area contributed by atoms with Gasteiger partial charge in [-0.3, -0.25) is 0 Å². The number of hydrogen-bond donors (Lipinski definition) is 0. The molecule has 0 spiro atoms. The first-order valence-electron chi connectivity index (χ1n) is 2.79. The molecule has 1 aliphatic rings. The lowest BCUT2D eigenvalue weighted by molar-refractivity contribution is -0.0921. The van der Waals surface area contributed by atoms with Crippen LogP contribution in [0.2, 0.25) is 0 Å². The fourth-order valence-electron chi connectivity index (χ4n) is 0.680. The molecule has 11 heavy (non-hydrogen) atoms. The second-order valence-electron chi connectivity index (χ2n) is 1.96. The number of alkyl halides is 3. The predicted molar refractivity (Wildman–Crippen MR) is 31.8 cm³/mol. The Bertz CT molecular complexity index is 267. The van der Waals surface area contributed by atoms with Gasteiger partial charge in [-0.1, -0.05) is 0 Å². The second kappa shape index (κ2) is 2.38. The Kier molecular flexibility index (Phi) is 1.69. The second-order valence-corrected chi connectivity index (χ2v) is 1.96. The van der Waals surface area contributed by atoms with Gasteiger partial charge in [-0.15, -0.1) is 0 Å². The fraction of sp³-hybridized carbons (Fsp3) is 0.333. The summed E-state index contributed by atoms with van der Waals surface area (Å²) >= 11 is 0. The third kappa shape index (κ3) is 1.58. The van der Waals surface area contributed by atoms with Gasteiger partial charge in [0.2, 0.25) is 0 Å². The molecule has 0 unspecified atom stereocenters. The van der Waals surface area contributed by atoms with Crippen LogP contribution in [0.25, 0.3) is 0 Å². The number of rotatable bonds is 0. The molecule has 0 aromatic rings. The van der Waals surface area contributed by atoms with E-state index in [1.807, 2.05) is 0 Å². The van der Waals surface area contributed by atoms with E-state index in [2.05, 4.69) is 4.99 Å². The summed E-state index contributed by atoms with van der Waals surface area (Å²) in [6.45, 7) is 0. The lowest BCUT2D eigenvalue weighted by atomic mass is 10.3. The molecule has 0 saturated carbocycles. The summed E-state index contributed by atoms with van der Waals surface area (Å²) < 4.78 is 35.4. The first-order valence-corrected chi connectivity index (χ1v) is 2.79. The number of allylic oxidation sites excluding steroid dienone is 2. The van der Waals surface area contributed by atoms with E-state index in [9.17, 15) is 13.2 Å². The smallest absolute Gasteiger partial charge is 0.237 e. The fourth-order valence-corrected chi connectivity index (χ4v) is 0.680. The SMILES string of the molecule is N#CC1=NC(C(F)(F)F)=CC1. The van der Waals surface area contributed by atoms with Gasteiger partial charge in [0.1, 0.15) is 17.5 Å². The standard InChI is InChI=1S/C6H3F3N2/c7-6(8,9)5-2-1-4(3-10)11-5/h2H,1H2. The predicted octanol–water partition coefficient (Wildman–Crippen LogP) is 1.80. The zero-order valence-corrected chi connectivity index (χ0v) is 5.31. The molecule has 2 nitrogen and oxygen atoms in total. The van der Waals surface area contributed by atoms with Crippen LogP contribution in [-0.2, 0) is 0 Å². The highest BCUT2D eigenvalue weighted by atomic mass is 19.4. The Labute approximate surface area is 60.7 Å². The monoisotopic (exact) mass is 160 g/mol. The van der Waals surface area contributed by atoms with Crippen molar-refractivity contribution in [1.82, 2.24) is 0 Å². The molecule has 0 radical (unpaired) electrons. The number of nitriles is 1. The average molecular weight is 160 g/mol. The van der Waals surface area contributed by atoms with Crippen molar-refractivity contribution in [2.24, 2.45) is 4.99 Å². The van der Waals surface area contributed by atoms with Gasteiger partial charge in [0, 0.05) is 6.42 Å². The van der Waals surface area contributed by atoms with E-state index >= 15 is 0 Å². The van der Waals surface area contributed by atoms with Crippen LogP contribution in [-0.4, -0.2) is 11.9 Å². The molecule has 58 valence electrons. The summed E-state index contributed by atoms with van der Waals surface area (Å²) in [6, 6.07) is 1.56. The van der Waals surface area contributed by atoms with Crippen molar-refractivity contribution in [2.45, 2.75) is 12.6 Å². The molecule has 1 aliphatic heterocycles. The summed E-state index contributed by atoms with van der Waals surface area (Å²) in [7, 11) is 0. The first kappa shape index (κ1) is 7.79. The molecule has 0 bridgehead atoms. The molecule has 0 aromatic carbocycles. The third-order valence-corrected chi connectivity index (χ3v) is 1.16. The summed E-state index contributed by atoms with van der Waals surface area (Å²) in [5, 5.41) is 8.17. The maximum Gasteiger partial charge on any atom is 0.433 e. The van der Waals surface area contributed by atoms with Crippen LogP contribution in [0.1, 0.15) is 6.42 Å². The van der Waals surface area contributed by atoms with E-state index in [0.29, 0.717) is 0 Å². The molecule has 0 fully saturated rings. The molecular weight excluding hydrogens is 157 g/mol. The van der Waals surface area contributed by atoms with Crippen molar-refractivity contribution in [1.29, 1.82) is 5.26 Å². The van der Waals surface area contributed by atoms with E-state index in [1.165, 1.54) is 0 Å². The molecule has 0 saturated heterocycles. The van der Waals surface area contributed by atoms with Gasteiger partial charge in [-0.05, 0) is 6.08 Å². The van der Waals surface area contributed by atoms with Crippen molar-refractivity contribution < 1.29 is 13.2 Å². The molecule has 0 aromatic heterocycles. The number of nitrogens with zero attached hydrogens (tertiary/aromatic N) is 2. The highest BCUT2D eigenvalue weighted by molar-refractivity contribution is 6.01. The van der Waals surface area contributed by atoms with Crippen LogP contribution in [0.15, 0.2) is 16.8 Å². The Morgan fingerprint density at radius 3 is 2.45 bits per heavy atom. The molecule has 1 heterocycles. The van der Waals surface area contributed by atoms with Gasteiger partial charge in [-0.25, -0.2) is 4.99 Å². The van der Waals surface area contributed by atoms with Gasteiger partial charge >= 0.3 is 6.18 Å². The largest absolute Gasteiger partial charge is 0.433 e. The lowest BCUT2D eigenvalue weighted by Crippen LogP contribution is -2.08. The number of hydrogen-bond acceptors (Lipinski definition) is 2. The van der Waals surface area contributed by atoms with Crippen LogP contribution >= 0.6 is 0 Å². The van der Waals surface area contributed by atoms with E-state index in [4.69, 9.17) is 5.26 Å². The van der Waals surface area contributed by atoms with Gasteiger partial charge in [-0.2, -0.15) is 18.4 Å². The van der Waals surface area contributed by atoms with Crippen molar-refractivity contribution in [3.63, 3.8) is 0 Å². The van der Waals surface area contributed by atoms with Gasteiger partial charge in [0.05, 0.1) is 0 Å². The molecular formula is C6H3F3N2. The van der Waals surface area contributed by atoms with E-state index in [0.717, 1.165) is 6.08 Å². The van der Waals surface area contributed by atoms with Crippen molar-refractivity contribution in [3.05, 3.63) is 11.8 Å². The Morgan fingerprint density at radius 2 is 2.18 bits per heavy atom. The molecule has 1 rings (SSSR count). The Morgan fingerprint density at radius 1 is 1.55 bits per heavy atom. The van der Waals surface area contributed by atoms with Crippen LogP contribution < -0.4 is 0 Å². The third-order valence-electron chi connectivity index (χ3n) is 1.16. The summed E-state index contributed by atoms with van der Waals surface area (Å²) in [6.07, 6.45) is -3.53. The highest BCUT2D eigenvalue weighted by Gasteiger charge is 2.35. The van der Waals surface area contributed by atoms with Gasteiger partial charge in [0.15, 0.2) is 0 Å². The first-order chi connectivity index (χ1) is 5.04. The maximum atomic E-state index is 11.8. The zero-order valence-electron chi connectivity index (χ0n) is 5.31. The summed E-state index contributed by atoms with van der Waals surface area (Å²) in [5.74, 6) is 0. The molecule has 5 heteroatoms. The average Bonchev–Trinajstić information content (AvgIpc) is 2.32. The van der Waals surface area contributed by atoms with Crippen molar-refractivity contribution in [3.8, 4) is 6.07 Å². The zero-order chi connectivity index (χ0) is 8.48. The van der Waals surface area contributed by atoms with E-state index in [-0.39, 0.29) is 12.1 Å². The van der Waals surface area contributed by atoms with E-state index in [1.54, 1.807) is 6.07 Å². The lowest BCUT2D eigenvalue weighted by Gasteiger charge is -2.01. The highest BCUT2D eigenvalue weighted by Crippen LogP contribution is 2.29. The number of halogens is 3. The molecule has 0 atom stereocenters.